The summed E-state index contributed by atoms with van der Waals surface area (Å²) in [6, 6.07) is 20.7. The number of fused-ring (bicyclic) bond motifs is 2. The summed E-state index contributed by atoms with van der Waals surface area (Å²) in [7, 11) is 0. The van der Waals surface area contributed by atoms with E-state index < -0.39 is 0 Å². The van der Waals surface area contributed by atoms with Gasteiger partial charge in [-0.15, -0.1) is 6.58 Å². The maximum Gasteiger partial charge on any atom is 0.253 e. The molecule has 2 fully saturated rings. The van der Waals surface area contributed by atoms with E-state index in [0.29, 0.717) is 18.1 Å². The molecular formula is C27H35N3O. The molecule has 2 aliphatic heterocycles. The Bertz CT molecular complexity index is 861. The van der Waals surface area contributed by atoms with Crippen LogP contribution in [0.2, 0.25) is 0 Å². The zero-order chi connectivity index (χ0) is 21.8. The van der Waals surface area contributed by atoms with Gasteiger partial charge in [0.1, 0.15) is 0 Å². The second kappa shape index (κ2) is 9.69. The Kier molecular flexibility index (Phi) is 6.77. The Hall–Kier alpha value is -2.59. The number of hydrogen-bond acceptors (Lipinski definition) is 3. The molecule has 164 valence electrons. The van der Waals surface area contributed by atoms with Gasteiger partial charge in [-0.05, 0) is 75.9 Å². The minimum Gasteiger partial charge on any atom is -0.339 e. The van der Waals surface area contributed by atoms with Gasteiger partial charge >= 0.3 is 0 Å². The number of piperidine rings is 1. The van der Waals surface area contributed by atoms with Crippen LogP contribution in [0.4, 0.5) is 11.4 Å². The molecule has 1 unspecified atom stereocenters. The van der Waals surface area contributed by atoms with Crippen molar-refractivity contribution in [1.29, 1.82) is 0 Å². The van der Waals surface area contributed by atoms with Gasteiger partial charge in [0, 0.05) is 54.7 Å². The summed E-state index contributed by atoms with van der Waals surface area (Å²) >= 11 is 0. The molecule has 0 spiro atoms. The van der Waals surface area contributed by atoms with Crippen molar-refractivity contribution < 1.29 is 4.79 Å². The topological polar surface area (TPSA) is 26.8 Å². The van der Waals surface area contributed by atoms with Crippen molar-refractivity contribution in [2.75, 3.05) is 24.5 Å². The SMILES string of the molecule is C=CCN1[C@@H]2CC[C@H]1CC(N(c1ccccc1)c1ccc(C(=O)N(CC)CC)cc1)C2. The third-order valence-electron chi connectivity index (χ3n) is 7.04. The lowest BCUT2D eigenvalue weighted by Crippen LogP contribution is -2.49. The second-order valence-electron chi connectivity index (χ2n) is 8.73. The van der Waals surface area contributed by atoms with E-state index >= 15 is 0 Å². The van der Waals surface area contributed by atoms with E-state index in [0.717, 1.165) is 25.2 Å². The van der Waals surface area contributed by atoms with Crippen LogP contribution in [0.15, 0.2) is 67.3 Å². The van der Waals surface area contributed by atoms with Crippen LogP contribution in [0, 0.1) is 0 Å². The lowest BCUT2D eigenvalue weighted by Gasteiger charge is -2.44. The van der Waals surface area contributed by atoms with Crippen LogP contribution in [-0.2, 0) is 0 Å². The first-order valence-corrected chi connectivity index (χ1v) is 11.8. The molecule has 2 heterocycles. The van der Waals surface area contributed by atoms with Gasteiger partial charge < -0.3 is 9.80 Å². The Morgan fingerprint density at radius 3 is 2.10 bits per heavy atom. The molecule has 0 radical (unpaired) electrons. The minimum atomic E-state index is 0.110. The molecule has 4 nitrogen and oxygen atoms in total. The Morgan fingerprint density at radius 2 is 1.55 bits per heavy atom. The van der Waals surface area contributed by atoms with Crippen molar-refractivity contribution >= 4 is 17.3 Å². The van der Waals surface area contributed by atoms with Crippen LogP contribution in [0.5, 0.6) is 0 Å². The van der Waals surface area contributed by atoms with Crippen molar-refractivity contribution in [3.8, 4) is 0 Å². The molecule has 0 aromatic heterocycles. The van der Waals surface area contributed by atoms with Crippen molar-refractivity contribution in [3.05, 3.63) is 72.8 Å². The van der Waals surface area contributed by atoms with E-state index in [1.165, 1.54) is 37.1 Å². The number of rotatable bonds is 8. The van der Waals surface area contributed by atoms with Crippen LogP contribution in [-0.4, -0.2) is 53.5 Å². The number of para-hydroxylation sites is 1. The summed E-state index contributed by atoms with van der Waals surface area (Å²) in [4.78, 5) is 19.8. The highest BCUT2D eigenvalue weighted by molar-refractivity contribution is 5.94. The lowest BCUT2D eigenvalue weighted by molar-refractivity contribution is 0.0773. The van der Waals surface area contributed by atoms with Crippen LogP contribution in [0.25, 0.3) is 0 Å². The fraction of sp³-hybridized carbons (Fsp3) is 0.444. The quantitative estimate of drug-likeness (QED) is 0.532. The van der Waals surface area contributed by atoms with Gasteiger partial charge in [-0.25, -0.2) is 0 Å². The molecule has 2 aliphatic rings. The number of nitrogens with zero attached hydrogens (tertiary/aromatic N) is 3. The van der Waals surface area contributed by atoms with Gasteiger partial charge in [0.05, 0.1) is 0 Å². The van der Waals surface area contributed by atoms with E-state index in [-0.39, 0.29) is 5.91 Å². The highest BCUT2D eigenvalue weighted by atomic mass is 16.2. The normalized spacial score (nSPS) is 22.8. The minimum absolute atomic E-state index is 0.110. The van der Waals surface area contributed by atoms with Crippen LogP contribution < -0.4 is 4.90 Å². The highest BCUT2D eigenvalue weighted by Gasteiger charge is 2.42. The number of hydrogen-bond donors (Lipinski definition) is 0. The number of amides is 1. The Morgan fingerprint density at radius 1 is 0.968 bits per heavy atom. The first kappa shape index (κ1) is 21.6. The van der Waals surface area contributed by atoms with Gasteiger partial charge in [0.15, 0.2) is 0 Å². The van der Waals surface area contributed by atoms with Crippen LogP contribution in [0.3, 0.4) is 0 Å². The van der Waals surface area contributed by atoms with Gasteiger partial charge in [-0.1, -0.05) is 24.3 Å². The van der Waals surface area contributed by atoms with Crippen molar-refractivity contribution in [2.24, 2.45) is 0 Å². The molecule has 3 atom stereocenters. The van der Waals surface area contributed by atoms with E-state index in [1.807, 2.05) is 37.0 Å². The maximum atomic E-state index is 12.8. The van der Waals surface area contributed by atoms with Gasteiger partial charge in [-0.3, -0.25) is 9.69 Å². The Balaban J connectivity index is 1.61. The smallest absolute Gasteiger partial charge is 0.253 e. The van der Waals surface area contributed by atoms with Crippen LogP contribution >= 0.6 is 0 Å². The molecule has 0 aliphatic carbocycles. The highest BCUT2D eigenvalue weighted by Crippen LogP contribution is 2.41. The molecule has 31 heavy (non-hydrogen) atoms. The molecule has 1 amide bonds. The number of carbonyl (C=O) groups excluding carboxylic acids is 1. The average molecular weight is 418 g/mol. The molecule has 2 aromatic carbocycles. The predicted octanol–water partition coefficient (Wildman–Crippen LogP) is 5.49. The third-order valence-corrected chi connectivity index (χ3v) is 7.04. The summed E-state index contributed by atoms with van der Waals surface area (Å²) < 4.78 is 0. The summed E-state index contributed by atoms with van der Waals surface area (Å²) in [5.41, 5.74) is 3.16. The molecule has 4 rings (SSSR count). The monoisotopic (exact) mass is 417 g/mol. The zero-order valence-electron chi connectivity index (χ0n) is 18.9. The molecule has 0 saturated carbocycles. The standard InChI is InChI=1S/C27H35N3O/c1-4-18-29-24-16-17-25(29)20-26(19-24)30(22-10-8-7-9-11-22)23-14-12-21(13-15-23)27(31)28(5-2)6-3/h4,7-15,24-26H,1,5-6,16-20H2,2-3H3/t24-,25+,26?. The maximum absolute atomic E-state index is 12.8. The molecular weight excluding hydrogens is 382 g/mol. The molecule has 2 saturated heterocycles. The fourth-order valence-corrected chi connectivity index (χ4v) is 5.52. The zero-order valence-corrected chi connectivity index (χ0v) is 18.9. The first-order chi connectivity index (χ1) is 15.2. The van der Waals surface area contributed by atoms with Gasteiger partial charge in [0.25, 0.3) is 5.91 Å². The summed E-state index contributed by atoms with van der Waals surface area (Å²) in [6.45, 7) is 10.5. The predicted molar refractivity (Wildman–Crippen MR) is 129 cm³/mol. The van der Waals surface area contributed by atoms with Crippen LogP contribution in [0.1, 0.15) is 49.9 Å². The molecule has 2 bridgehead atoms. The second-order valence-corrected chi connectivity index (χ2v) is 8.73. The van der Waals surface area contributed by atoms with Gasteiger partial charge in [-0.2, -0.15) is 0 Å². The third kappa shape index (κ3) is 4.40. The average Bonchev–Trinajstić information content (AvgIpc) is 3.03. The van der Waals surface area contributed by atoms with E-state index in [4.69, 9.17) is 0 Å². The van der Waals surface area contributed by atoms with Crippen molar-refractivity contribution in [2.45, 2.75) is 57.7 Å². The van der Waals surface area contributed by atoms with Crippen molar-refractivity contribution in [3.63, 3.8) is 0 Å². The number of anilines is 2. The van der Waals surface area contributed by atoms with E-state index in [2.05, 4.69) is 58.8 Å². The fourth-order valence-electron chi connectivity index (χ4n) is 5.52. The van der Waals surface area contributed by atoms with E-state index in [9.17, 15) is 4.79 Å². The lowest BCUT2D eigenvalue weighted by atomic mass is 9.94. The first-order valence-electron chi connectivity index (χ1n) is 11.8. The molecule has 4 heteroatoms. The molecule has 2 aromatic rings. The van der Waals surface area contributed by atoms with Gasteiger partial charge in [0.2, 0.25) is 0 Å². The van der Waals surface area contributed by atoms with E-state index in [1.54, 1.807) is 0 Å². The number of carbonyl (C=O) groups is 1. The largest absolute Gasteiger partial charge is 0.339 e. The summed E-state index contributed by atoms with van der Waals surface area (Å²) in [5, 5.41) is 0. The summed E-state index contributed by atoms with van der Waals surface area (Å²) in [6.07, 6.45) is 6.95. The Labute approximate surface area is 187 Å². The number of benzene rings is 2. The molecule has 0 N–H and O–H groups in total. The van der Waals surface area contributed by atoms with Crippen molar-refractivity contribution in [1.82, 2.24) is 9.80 Å². The summed E-state index contributed by atoms with van der Waals surface area (Å²) in [5.74, 6) is 0.110.